The summed E-state index contributed by atoms with van der Waals surface area (Å²) in [6.07, 6.45) is 0. The summed E-state index contributed by atoms with van der Waals surface area (Å²) < 4.78 is 0. The zero-order valence-corrected chi connectivity index (χ0v) is 35.0. The lowest BCUT2D eigenvalue weighted by Crippen LogP contribution is -1.96. The molecule has 296 valence electrons. The molecule has 0 radical (unpaired) electrons. The first-order valence-electron chi connectivity index (χ1n) is 21.9. The quantitative estimate of drug-likeness (QED) is 0.162. The summed E-state index contributed by atoms with van der Waals surface area (Å²) in [5.41, 5.74) is 14.4. The van der Waals surface area contributed by atoms with E-state index in [1.807, 2.05) is 48.5 Å². The van der Waals surface area contributed by atoms with E-state index in [2.05, 4.69) is 133 Å². The van der Waals surface area contributed by atoms with E-state index in [0.717, 1.165) is 98.4 Å². The van der Waals surface area contributed by atoms with Gasteiger partial charge in [-0.1, -0.05) is 121 Å². The van der Waals surface area contributed by atoms with Crippen LogP contribution in [0.5, 0.6) is 0 Å². The average Bonchev–Trinajstić information content (AvgIpc) is 3.86. The van der Waals surface area contributed by atoms with Crippen molar-refractivity contribution in [3.05, 3.63) is 192 Å². The Kier molecular flexibility index (Phi) is 7.08. The zero-order chi connectivity index (χ0) is 43.9. The maximum Gasteiger partial charge on any atom is 0.0998 e. The second-order valence-corrected chi connectivity index (χ2v) is 17.5. The molecule has 0 saturated carbocycles. The molecule has 4 heteroatoms. The van der Waals surface area contributed by atoms with Crippen molar-refractivity contribution < 1.29 is 0 Å². The van der Waals surface area contributed by atoms with Crippen molar-refractivity contribution in [3.63, 3.8) is 0 Å². The number of nitrogens with zero attached hydrogens (tertiary/aromatic N) is 4. The molecule has 0 atom stereocenters. The van der Waals surface area contributed by atoms with Gasteiger partial charge in [-0.25, -0.2) is 0 Å². The van der Waals surface area contributed by atoms with Crippen molar-refractivity contribution in [2.24, 2.45) is 0 Å². The molecule has 14 rings (SSSR count). The van der Waals surface area contributed by atoms with Crippen LogP contribution in [0.1, 0.15) is 22.3 Å². The van der Waals surface area contributed by atoms with Gasteiger partial charge in [-0.3, -0.25) is 0 Å². The van der Waals surface area contributed by atoms with E-state index in [-0.39, 0.29) is 0 Å². The van der Waals surface area contributed by atoms with E-state index >= 15 is 0 Å². The number of hydrogen-bond donors (Lipinski definition) is 0. The summed E-state index contributed by atoms with van der Waals surface area (Å²) in [5.74, 6) is 0. The Labute approximate surface area is 377 Å². The highest BCUT2D eigenvalue weighted by Crippen LogP contribution is 2.55. The van der Waals surface area contributed by atoms with Gasteiger partial charge in [0, 0.05) is 21.9 Å². The highest BCUT2D eigenvalue weighted by atomic mass is 14.3. The third-order valence-corrected chi connectivity index (χ3v) is 14.4. The van der Waals surface area contributed by atoms with E-state index in [1.54, 1.807) is 12.1 Å². The highest BCUT2D eigenvalue weighted by molar-refractivity contribution is 6.30. The van der Waals surface area contributed by atoms with Crippen molar-refractivity contribution >= 4 is 75.4 Å². The van der Waals surface area contributed by atoms with Crippen LogP contribution >= 0.6 is 0 Å². The third kappa shape index (κ3) is 4.57. The number of hydrogen-bond acceptors (Lipinski definition) is 4. The summed E-state index contributed by atoms with van der Waals surface area (Å²) in [5, 5.41) is 56.7. The number of rotatable bonds is 2. The molecular formula is C62H28N4. The van der Waals surface area contributed by atoms with Crippen molar-refractivity contribution in [2.45, 2.75) is 0 Å². The molecule has 0 bridgehead atoms. The Bertz CT molecular complexity index is 4210. The number of fused-ring (bicyclic) bond motifs is 13. The number of nitriles is 4. The number of benzene rings is 12. The van der Waals surface area contributed by atoms with Gasteiger partial charge in [-0.2, -0.15) is 21.0 Å². The third-order valence-electron chi connectivity index (χ3n) is 14.4. The minimum absolute atomic E-state index is 0.434. The van der Waals surface area contributed by atoms with Crippen LogP contribution in [-0.4, -0.2) is 0 Å². The summed E-state index contributed by atoms with van der Waals surface area (Å²) >= 11 is 0. The molecule has 0 heterocycles. The molecule has 2 aliphatic rings. The van der Waals surface area contributed by atoms with Crippen molar-refractivity contribution in [2.75, 3.05) is 0 Å². The Morgan fingerprint density at radius 3 is 0.879 bits per heavy atom. The summed E-state index contributed by atoms with van der Waals surface area (Å²) in [4.78, 5) is 0. The minimum atomic E-state index is 0.434. The van der Waals surface area contributed by atoms with Gasteiger partial charge in [0.25, 0.3) is 0 Å². The molecule has 0 aliphatic heterocycles. The van der Waals surface area contributed by atoms with Crippen LogP contribution in [0.4, 0.5) is 0 Å². The maximum absolute atomic E-state index is 11.0. The first-order valence-corrected chi connectivity index (χ1v) is 21.9. The SMILES string of the molecule is N#Cc1cc(C#N)c2ccccc2c1-c1cc2c3cc4c(cc3c(-c3c(C#N)cc(C#N)c5ccccc35)cc2c2cc3c(cc12)-c1cccc2cccc-3c12)-c1cccc2cccc-4c12. The van der Waals surface area contributed by atoms with Crippen LogP contribution in [-0.2, 0) is 0 Å². The van der Waals surface area contributed by atoms with Gasteiger partial charge in [-0.05, 0) is 169 Å². The van der Waals surface area contributed by atoms with Gasteiger partial charge in [0.1, 0.15) is 0 Å². The van der Waals surface area contributed by atoms with Gasteiger partial charge in [0.2, 0.25) is 0 Å². The van der Waals surface area contributed by atoms with Gasteiger partial charge in [0.15, 0.2) is 0 Å². The van der Waals surface area contributed by atoms with Crippen LogP contribution < -0.4 is 0 Å². The topological polar surface area (TPSA) is 95.2 Å². The summed E-state index contributed by atoms with van der Waals surface area (Å²) in [7, 11) is 0. The first kappa shape index (κ1) is 36.0. The summed E-state index contributed by atoms with van der Waals surface area (Å²) in [6.45, 7) is 0. The fourth-order valence-corrected chi connectivity index (χ4v) is 11.7. The smallest absolute Gasteiger partial charge is 0.0998 e. The molecule has 0 saturated heterocycles. The molecule has 0 unspecified atom stereocenters. The average molecular weight is 829 g/mol. The Morgan fingerprint density at radius 1 is 0.227 bits per heavy atom. The molecule has 12 aromatic rings. The lowest BCUT2D eigenvalue weighted by atomic mass is 9.81. The van der Waals surface area contributed by atoms with Crippen molar-refractivity contribution in [1.29, 1.82) is 21.0 Å². The predicted octanol–water partition coefficient (Wildman–Crippen LogP) is 15.9. The van der Waals surface area contributed by atoms with Crippen LogP contribution in [0, 0.1) is 45.3 Å². The van der Waals surface area contributed by atoms with E-state index < -0.39 is 0 Å². The van der Waals surface area contributed by atoms with Crippen LogP contribution in [0.25, 0.3) is 142 Å². The second kappa shape index (κ2) is 13.0. The fourth-order valence-electron chi connectivity index (χ4n) is 11.7. The van der Waals surface area contributed by atoms with E-state index in [1.165, 1.54) is 43.8 Å². The Hall–Kier alpha value is -9.58. The van der Waals surface area contributed by atoms with Crippen molar-refractivity contribution in [3.8, 4) is 91.0 Å². The zero-order valence-electron chi connectivity index (χ0n) is 35.0. The predicted molar refractivity (Wildman–Crippen MR) is 268 cm³/mol. The normalized spacial score (nSPS) is 11.9. The molecule has 2 aliphatic carbocycles. The highest BCUT2D eigenvalue weighted by Gasteiger charge is 2.29. The summed E-state index contributed by atoms with van der Waals surface area (Å²) in [6, 6.07) is 68.9. The largest absolute Gasteiger partial charge is 0.192 e. The van der Waals surface area contributed by atoms with Crippen molar-refractivity contribution in [1.82, 2.24) is 0 Å². The lowest BCUT2D eigenvalue weighted by molar-refractivity contribution is 1.47. The molecule has 4 nitrogen and oxygen atoms in total. The van der Waals surface area contributed by atoms with Crippen LogP contribution in [0.15, 0.2) is 170 Å². The van der Waals surface area contributed by atoms with E-state index in [0.29, 0.717) is 22.3 Å². The van der Waals surface area contributed by atoms with Crippen LogP contribution in [0.2, 0.25) is 0 Å². The van der Waals surface area contributed by atoms with E-state index in [9.17, 15) is 21.0 Å². The molecular weight excluding hydrogens is 801 g/mol. The fraction of sp³-hybridized carbons (Fsp3) is 0. The van der Waals surface area contributed by atoms with Gasteiger partial charge < -0.3 is 0 Å². The van der Waals surface area contributed by atoms with E-state index in [4.69, 9.17) is 0 Å². The molecule has 0 amide bonds. The Morgan fingerprint density at radius 2 is 0.530 bits per heavy atom. The standard InChI is InChI=1S/C62H28N4/c63-29-35-21-37(31-65)61(41-15-3-1-13-39(35)41)57-27-53-52-24-48-44-18-6-10-34-12-8-20-46(60(34)44)50(48)26-56(52)58(62-38(32-66)22-36(30-64)40-14-2-4-16-42(40)62)28-54(53)51-23-47-43-17-5-9-33-11-7-19-45(59(33)43)49(47)25-55(51)57/h1-28H. The maximum atomic E-state index is 11.0. The van der Waals surface area contributed by atoms with Gasteiger partial charge >= 0.3 is 0 Å². The minimum Gasteiger partial charge on any atom is -0.192 e. The molecule has 12 aromatic carbocycles. The van der Waals surface area contributed by atoms with Gasteiger partial charge in [-0.15, -0.1) is 0 Å². The first-order chi connectivity index (χ1) is 32.6. The monoisotopic (exact) mass is 828 g/mol. The molecule has 66 heavy (non-hydrogen) atoms. The molecule has 0 aromatic heterocycles. The molecule has 0 N–H and O–H groups in total. The van der Waals surface area contributed by atoms with Crippen LogP contribution in [0.3, 0.4) is 0 Å². The van der Waals surface area contributed by atoms with Gasteiger partial charge in [0.05, 0.1) is 46.5 Å². The molecule has 0 fully saturated rings. The molecule has 0 spiro atoms. The Balaban J connectivity index is 1.23. The second-order valence-electron chi connectivity index (χ2n) is 17.5. The lowest BCUT2D eigenvalue weighted by Gasteiger charge is -2.21.